The predicted octanol–water partition coefficient (Wildman–Crippen LogP) is 2.70. The second-order valence-electron chi connectivity index (χ2n) is 5.91. The average Bonchev–Trinajstić information content (AvgIpc) is 2.85. The molecule has 3 heterocycles. The minimum atomic E-state index is -0.935. The molecule has 0 radical (unpaired) electrons. The fourth-order valence-corrected chi connectivity index (χ4v) is 3.64. The van der Waals surface area contributed by atoms with E-state index in [1.165, 1.54) is 0 Å². The summed E-state index contributed by atoms with van der Waals surface area (Å²) in [6.07, 6.45) is 1.73. The normalized spacial score (nSPS) is 16.3. The Labute approximate surface area is 153 Å². The lowest BCUT2D eigenvalue weighted by molar-refractivity contribution is -0.134. The molecule has 0 saturated heterocycles. The second kappa shape index (κ2) is 6.00. The number of carbonyl (C=O) groups is 1. The van der Waals surface area contributed by atoms with Gasteiger partial charge in [-0.1, -0.05) is 22.0 Å². The van der Waals surface area contributed by atoms with E-state index >= 15 is 0 Å². The van der Waals surface area contributed by atoms with Crippen LogP contribution in [0, 0.1) is 0 Å². The summed E-state index contributed by atoms with van der Waals surface area (Å²) in [5, 5.41) is 9.59. The van der Waals surface area contributed by atoms with Crippen LogP contribution in [0.5, 0.6) is 0 Å². The first-order chi connectivity index (χ1) is 12.1. The summed E-state index contributed by atoms with van der Waals surface area (Å²) in [7, 11) is 1.78. The van der Waals surface area contributed by atoms with E-state index in [0.717, 1.165) is 27.1 Å². The van der Waals surface area contributed by atoms with E-state index in [9.17, 15) is 9.90 Å². The molecule has 25 heavy (non-hydrogen) atoms. The van der Waals surface area contributed by atoms with Gasteiger partial charge in [0.2, 0.25) is 0 Å². The number of aromatic nitrogens is 1. The van der Waals surface area contributed by atoms with Crippen LogP contribution in [-0.4, -0.2) is 46.9 Å². The summed E-state index contributed by atoms with van der Waals surface area (Å²) in [4.78, 5) is 24.6. The summed E-state index contributed by atoms with van der Waals surface area (Å²) in [5.74, 6) is -0.935. The minimum absolute atomic E-state index is 0.292. The third-order valence-electron chi connectivity index (χ3n) is 4.34. The van der Waals surface area contributed by atoms with Gasteiger partial charge in [-0.05, 0) is 30.3 Å². The third-order valence-corrected chi connectivity index (χ3v) is 4.83. The van der Waals surface area contributed by atoms with E-state index in [1.54, 1.807) is 18.1 Å². The zero-order valence-electron chi connectivity index (χ0n) is 13.5. The molecule has 0 saturated carbocycles. The molecule has 0 unspecified atom stereocenters. The smallest absolute Gasteiger partial charge is 0.354 e. The van der Waals surface area contributed by atoms with Gasteiger partial charge in [0.15, 0.2) is 0 Å². The zero-order valence-corrected chi connectivity index (χ0v) is 15.1. The number of carboxylic acids is 1. The number of likely N-dealkylation sites (N-methyl/N-ethyl adjacent to an activating group) is 1. The van der Waals surface area contributed by atoms with E-state index in [0.29, 0.717) is 24.6 Å². The summed E-state index contributed by atoms with van der Waals surface area (Å²) in [6, 6.07) is 11.6. The Hall–Kier alpha value is -2.67. The lowest BCUT2D eigenvalue weighted by Crippen LogP contribution is -2.26. The van der Waals surface area contributed by atoms with E-state index in [1.807, 2.05) is 41.3 Å². The summed E-state index contributed by atoms with van der Waals surface area (Å²) >= 11 is 3.53. The van der Waals surface area contributed by atoms with E-state index in [4.69, 9.17) is 4.99 Å². The number of rotatable bonds is 2. The van der Waals surface area contributed by atoms with Crippen LogP contribution < -0.4 is 4.90 Å². The predicted molar refractivity (Wildman–Crippen MR) is 98.7 cm³/mol. The van der Waals surface area contributed by atoms with Gasteiger partial charge in [0.05, 0.1) is 36.0 Å². The monoisotopic (exact) mass is 398 g/mol. The molecule has 2 aliphatic rings. The largest absolute Gasteiger partial charge is 0.477 e. The van der Waals surface area contributed by atoms with Crippen molar-refractivity contribution >= 4 is 33.3 Å². The molecule has 1 aromatic heterocycles. The fraction of sp³-hybridized carbons (Fsp3) is 0.167. The van der Waals surface area contributed by atoms with Gasteiger partial charge in [-0.15, -0.1) is 0 Å². The highest BCUT2D eigenvalue weighted by atomic mass is 79.9. The first-order valence-corrected chi connectivity index (χ1v) is 8.56. The van der Waals surface area contributed by atoms with Gasteiger partial charge < -0.3 is 14.9 Å². The second-order valence-corrected chi connectivity index (χ2v) is 6.82. The first-order valence-electron chi connectivity index (χ1n) is 7.77. The van der Waals surface area contributed by atoms with Crippen LogP contribution in [0.25, 0.3) is 0 Å². The molecule has 0 spiro atoms. The van der Waals surface area contributed by atoms with Gasteiger partial charge in [0.1, 0.15) is 5.70 Å². The van der Waals surface area contributed by atoms with Crippen molar-refractivity contribution in [3.8, 4) is 0 Å². The maximum atomic E-state index is 11.7. The quantitative estimate of drug-likeness (QED) is 0.841. The molecule has 2 aromatic rings. The van der Waals surface area contributed by atoms with Crippen LogP contribution in [-0.2, 0) is 4.79 Å². The summed E-state index contributed by atoms with van der Waals surface area (Å²) < 4.78 is 0.938. The number of nitrogens with zero attached hydrogens (tertiary/aromatic N) is 4. The van der Waals surface area contributed by atoms with Crippen molar-refractivity contribution in [2.45, 2.75) is 0 Å². The summed E-state index contributed by atoms with van der Waals surface area (Å²) in [5.41, 5.74) is 4.40. The molecule has 0 fully saturated rings. The fourth-order valence-electron chi connectivity index (χ4n) is 3.28. The van der Waals surface area contributed by atoms with Crippen molar-refractivity contribution in [1.29, 1.82) is 0 Å². The Morgan fingerprint density at radius 2 is 2.12 bits per heavy atom. The van der Waals surface area contributed by atoms with Gasteiger partial charge in [0, 0.05) is 23.3 Å². The lowest BCUT2D eigenvalue weighted by Gasteiger charge is -2.23. The van der Waals surface area contributed by atoms with Crippen LogP contribution >= 0.6 is 15.9 Å². The molecule has 2 aliphatic heterocycles. The van der Waals surface area contributed by atoms with Gasteiger partial charge in [-0.25, -0.2) is 4.79 Å². The highest BCUT2D eigenvalue weighted by Crippen LogP contribution is 2.36. The van der Waals surface area contributed by atoms with Gasteiger partial charge >= 0.3 is 5.97 Å². The molecule has 0 bridgehead atoms. The number of benzene rings is 1. The van der Waals surface area contributed by atoms with Crippen molar-refractivity contribution in [3.63, 3.8) is 0 Å². The maximum absolute atomic E-state index is 11.7. The number of anilines is 1. The van der Waals surface area contributed by atoms with Crippen LogP contribution in [0.2, 0.25) is 0 Å². The molecular formula is C18H15BrN4O2. The van der Waals surface area contributed by atoms with E-state index in [2.05, 4.69) is 20.9 Å². The van der Waals surface area contributed by atoms with Crippen molar-refractivity contribution < 1.29 is 9.90 Å². The number of aliphatic carboxylic acids is 1. The standard InChI is InChI=1S/C18H15BrN4O2/c1-22-10-23-14-6-5-11(19)8-12(14)16(13-4-2-3-7-20-13)21-9-15(23)17(22)18(24)25/h2-8H,9-10H2,1H3,(H,24,25). The number of pyridine rings is 1. The Bertz CT molecular complexity index is 924. The van der Waals surface area contributed by atoms with Crippen molar-refractivity contribution in [2.24, 2.45) is 4.99 Å². The first kappa shape index (κ1) is 15.8. The van der Waals surface area contributed by atoms with Crippen molar-refractivity contribution in [2.75, 3.05) is 25.2 Å². The number of carboxylic acid groups (broad SMARTS) is 1. The van der Waals surface area contributed by atoms with Crippen LogP contribution in [0.15, 0.2) is 63.5 Å². The molecule has 126 valence electrons. The molecule has 0 amide bonds. The van der Waals surface area contributed by atoms with Gasteiger partial charge in [-0.3, -0.25) is 9.98 Å². The zero-order chi connectivity index (χ0) is 17.6. The molecule has 0 aliphatic carbocycles. The number of hydrogen-bond acceptors (Lipinski definition) is 5. The van der Waals surface area contributed by atoms with Crippen molar-refractivity contribution in [1.82, 2.24) is 9.88 Å². The van der Waals surface area contributed by atoms with Crippen LogP contribution in [0.1, 0.15) is 11.3 Å². The Morgan fingerprint density at radius 3 is 2.84 bits per heavy atom. The summed E-state index contributed by atoms with van der Waals surface area (Å²) in [6.45, 7) is 0.779. The SMILES string of the molecule is CN1CN2C(=C1C(=O)O)CN=C(c1ccccn1)c1cc(Br)ccc12. The Morgan fingerprint density at radius 1 is 1.28 bits per heavy atom. The van der Waals surface area contributed by atoms with Crippen LogP contribution in [0.3, 0.4) is 0 Å². The maximum Gasteiger partial charge on any atom is 0.354 e. The Balaban J connectivity index is 1.96. The van der Waals surface area contributed by atoms with Gasteiger partial charge in [-0.2, -0.15) is 0 Å². The number of halogens is 1. The van der Waals surface area contributed by atoms with E-state index in [-0.39, 0.29) is 0 Å². The van der Waals surface area contributed by atoms with E-state index < -0.39 is 5.97 Å². The number of aliphatic imine (C=N–C) groups is 1. The lowest BCUT2D eigenvalue weighted by atomic mass is 10.0. The molecule has 4 rings (SSSR count). The molecule has 7 heteroatoms. The number of hydrogen-bond donors (Lipinski definition) is 1. The molecule has 1 aromatic carbocycles. The molecular weight excluding hydrogens is 384 g/mol. The van der Waals surface area contributed by atoms with Crippen LogP contribution in [0.4, 0.5) is 5.69 Å². The minimum Gasteiger partial charge on any atom is -0.477 e. The molecule has 6 nitrogen and oxygen atoms in total. The van der Waals surface area contributed by atoms with Crippen molar-refractivity contribution in [3.05, 3.63) is 69.7 Å². The highest BCUT2D eigenvalue weighted by Gasteiger charge is 2.35. The molecule has 1 N–H and O–H groups in total. The number of fused-ring (bicyclic) bond motifs is 3. The topological polar surface area (TPSA) is 69.0 Å². The highest BCUT2D eigenvalue weighted by molar-refractivity contribution is 9.10. The Kier molecular flexibility index (Phi) is 3.80. The molecule has 0 atom stereocenters. The third kappa shape index (κ3) is 2.60. The average molecular weight is 399 g/mol. The van der Waals surface area contributed by atoms with Gasteiger partial charge in [0.25, 0.3) is 0 Å².